The molecule has 6 nitrogen and oxygen atoms in total. The molecule has 0 radical (unpaired) electrons. The molecule has 3 aromatic rings. The van der Waals surface area contributed by atoms with E-state index in [2.05, 4.69) is 10.5 Å². The number of nitrogens with one attached hydrogen (secondary N) is 1. The smallest absolute Gasteiger partial charge is 0.273 e. The first-order valence-corrected chi connectivity index (χ1v) is 8.60. The molecule has 0 aliphatic heterocycles. The van der Waals surface area contributed by atoms with Crippen LogP contribution in [-0.2, 0) is 5.60 Å². The Balaban J connectivity index is 1.51. The molecule has 0 spiro atoms. The molecule has 1 fully saturated rings. The Bertz CT molecular complexity index is 785. The summed E-state index contributed by atoms with van der Waals surface area (Å²) in [6.07, 6.45) is 3.65. The zero-order valence-corrected chi connectivity index (χ0v) is 13.6. The van der Waals surface area contributed by atoms with Crippen molar-refractivity contribution in [1.29, 1.82) is 0 Å². The summed E-state index contributed by atoms with van der Waals surface area (Å²) < 4.78 is 10.6. The SMILES string of the molecule is O=C(NCC(O)(c1ccco1)c1cccs1)c1cc(C2CC2)on1. The lowest BCUT2D eigenvalue weighted by atomic mass is 9.98. The molecule has 0 saturated heterocycles. The van der Waals surface area contributed by atoms with E-state index in [1.807, 2.05) is 11.4 Å². The number of furan rings is 1. The van der Waals surface area contributed by atoms with Crippen LogP contribution in [0.2, 0.25) is 0 Å². The second-order valence-corrected chi connectivity index (χ2v) is 6.83. The first-order chi connectivity index (χ1) is 11.7. The van der Waals surface area contributed by atoms with Crippen molar-refractivity contribution in [3.63, 3.8) is 0 Å². The molecule has 2 N–H and O–H groups in total. The Kier molecular flexibility index (Phi) is 3.74. The molecule has 124 valence electrons. The van der Waals surface area contributed by atoms with Crippen LogP contribution in [0.25, 0.3) is 0 Å². The third kappa shape index (κ3) is 2.76. The first-order valence-electron chi connectivity index (χ1n) is 7.72. The second kappa shape index (κ2) is 5.92. The molecular formula is C17H16N2O4S. The molecule has 1 aliphatic rings. The van der Waals surface area contributed by atoms with E-state index in [0.717, 1.165) is 18.6 Å². The minimum absolute atomic E-state index is 0.0223. The Labute approximate surface area is 142 Å². The summed E-state index contributed by atoms with van der Waals surface area (Å²) in [4.78, 5) is 13.0. The normalized spacial score (nSPS) is 16.7. The van der Waals surface area contributed by atoms with Crippen LogP contribution >= 0.6 is 11.3 Å². The average molecular weight is 344 g/mol. The molecule has 1 atom stereocenters. The predicted octanol–water partition coefficient (Wildman–Crippen LogP) is 2.87. The summed E-state index contributed by atoms with van der Waals surface area (Å²) in [6.45, 7) is -0.0223. The molecule has 1 saturated carbocycles. The van der Waals surface area contributed by atoms with Gasteiger partial charge in [-0.05, 0) is 36.4 Å². The lowest BCUT2D eigenvalue weighted by molar-refractivity contribution is 0.0551. The summed E-state index contributed by atoms with van der Waals surface area (Å²) in [5.41, 5.74) is -1.19. The van der Waals surface area contributed by atoms with Crippen molar-refractivity contribution in [1.82, 2.24) is 10.5 Å². The lowest BCUT2D eigenvalue weighted by Gasteiger charge is -2.25. The highest BCUT2D eigenvalue weighted by molar-refractivity contribution is 7.10. The van der Waals surface area contributed by atoms with Gasteiger partial charge in [0.05, 0.1) is 12.8 Å². The van der Waals surface area contributed by atoms with E-state index in [4.69, 9.17) is 8.94 Å². The third-order valence-corrected chi connectivity index (χ3v) is 5.12. The molecule has 4 rings (SSSR count). The number of rotatable bonds is 6. The van der Waals surface area contributed by atoms with E-state index in [1.54, 1.807) is 24.3 Å². The minimum atomic E-state index is -1.42. The van der Waals surface area contributed by atoms with Crippen LogP contribution in [0, 0.1) is 0 Å². The van der Waals surface area contributed by atoms with E-state index in [-0.39, 0.29) is 18.1 Å². The summed E-state index contributed by atoms with van der Waals surface area (Å²) in [6, 6.07) is 8.71. The lowest BCUT2D eigenvalue weighted by Crippen LogP contribution is -2.41. The van der Waals surface area contributed by atoms with Crippen LogP contribution in [0.4, 0.5) is 0 Å². The zero-order valence-electron chi connectivity index (χ0n) is 12.8. The minimum Gasteiger partial charge on any atom is -0.466 e. The van der Waals surface area contributed by atoms with E-state index in [1.165, 1.54) is 17.6 Å². The standard InChI is InChI=1S/C17H16N2O4S/c20-16(12-9-13(23-19-12)11-5-6-11)18-10-17(21,14-3-1-7-22-14)15-4-2-8-24-15/h1-4,7-9,11,21H,5-6,10H2,(H,18,20). The maximum atomic E-state index is 12.3. The molecule has 24 heavy (non-hydrogen) atoms. The van der Waals surface area contributed by atoms with E-state index >= 15 is 0 Å². The van der Waals surface area contributed by atoms with Gasteiger partial charge in [-0.15, -0.1) is 11.3 Å². The fourth-order valence-electron chi connectivity index (χ4n) is 2.58. The number of nitrogens with zero attached hydrogens (tertiary/aromatic N) is 1. The monoisotopic (exact) mass is 344 g/mol. The Morgan fingerprint density at radius 1 is 1.42 bits per heavy atom. The topological polar surface area (TPSA) is 88.5 Å². The van der Waals surface area contributed by atoms with Gasteiger partial charge >= 0.3 is 0 Å². The number of hydrogen-bond donors (Lipinski definition) is 2. The number of aromatic nitrogens is 1. The molecule has 3 heterocycles. The molecule has 0 bridgehead atoms. The molecule has 1 aliphatic carbocycles. The predicted molar refractivity (Wildman–Crippen MR) is 86.8 cm³/mol. The maximum Gasteiger partial charge on any atom is 0.273 e. The van der Waals surface area contributed by atoms with Gasteiger partial charge in [-0.3, -0.25) is 4.79 Å². The summed E-state index contributed by atoms with van der Waals surface area (Å²) in [5, 5.41) is 19.5. The first kappa shape index (κ1) is 15.2. The van der Waals surface area contributed by atoms with Crippen molar-refractivity contribution in [2.45, 2.75) is 24.4 Å². The number of thiophene rings is 1. The van der Waals surface area contributed by atoms with Crippen molar-refractivity contribution in [2.75, 3.05) is 6.54 Å². The van der Waals surface area contributed by atoms with Crippen LogP contribution in [0.15, 0.2) is 50.9 Å². The van der Waals surface area contributed by atoms with Crippen LogP contribution in [0.5, 0.6) is 0 Å². The number of hydrogen-bond acceptors (Lipinski definition) is 6. The van der Waals surface area contributed by atoms with E-state index in [0.29, 0.717) is 16.6 Å². The largest absolute Gasteiger partial charge is 0.466 e. The molecule has 1 unspecified atom stereocenters. The second-order valence-electron chi connectivity index (χ2n) is 5.89. The Hall–Kier alpha value is -2.38. The quantitative estimate of drug-likeness (QED) is 0.718. The van der Waals surface area contributed by atoms with Crippen molar-refractivity contribution >= 4 is 17.2 Å². The summed E-state index contributed by atoms with van der Waals surface area (Å²) in [7, 11) is 0. The van der Waals surface area contributed by atoms with Crippen molar-refractivity contribution in [2.24, 2.45) is 0 Å². The highest BCUT2D eigenvalue weighted by Crippen LogP contribution is 2.40. The molecule has 7 heteroatoms. The van der Waals surface area contributed by atoms with E-state index < -0.39 is 5.60 Å². The number of amides is 1. The number of carbonyl (C=O) groups is 1. The fraction of sp³-hybridized carbons (Fsp3) is 0.294. The maximum absolute atomic E-state index is 12.3. The van der Waals surface area contributed by atoms with Gasteiger partial charge in [-0.2, -0.15) is 0 Å². The summed E-state index contributed by atoms with van der Waals surface area (Å²) in [5.74, 6) is 1.14. The highest BCUT2D eigenvalue weighted by atomic mass is 32.1. The Morgan fingerprint density at radius 3 is 2.96 bits per heavy atom. The molecule has 0 aromatic carbocycles. The van der Waals surface area contributed by atoms with Gasteiger partial charge in [-0.1, -0.05) is 11.2 Å². The highest BCUT2D eigenvalue weighted by Gasteiger charge is 2.36. The fourth-order valence-corrected chi connectivity index (χ4v) is 3.41. The van der Waals surface area contributed by atoms with Crippen LogP contribution in [0.1, 0.15) is 45.6 Å². The van der Waals surface area contributed by atoms with Gasteiger partial charge in [-0.25, -0.2) is 0 Å². The van der Waals surface area contributed by atoms with Gasteiger partial charge in [0.1, 0.15) is 11.5 Å². The number of carbonyl (C=O) groups excluding carboxylic acids is 1. The zero-order chi connectivity index (χ0) is 16.6. The number of aliphatic hydroxyl groups is 1. The Morgan fingerprint density at radius 2 is 2.29 bits per heavy atom. The van der Waals surface area contributed by atoms with Crippen LogP contribution in [-0.4, -0.2) is 22.7 Å². The van der Waals surface area contributed by atoms with Crippen LogP contribution < -0.4 is 5.32 Å². The van der Waals surface area contributed by atoms with Gasteiger partial charge in [0.2, 0.25) is 0 Å². The van der Waals surface area contributed by atoms with Crippen molar-refractivity contribution < 1.29 is 18.8 Å². The van der Waals surface area contributed by atoms with Gasteiger partial charge in [0.15, 0.2) is 11.3 Å². The van der Waals surface area contributed by atoms with Crippen molar-refractivity contribution in [3.05, 3.63) is 64.1 Å². The average Bonchev–Trinajstić information content (AvgIpc) is 3.12. The van der Waals surface area contributed by atoms with Crippen LogP contribution in [0.3, 0.4) is 0 Å². The summed E-state index contributed by atoms with van der Waals surface area (Å²) >= 11 is 1.40. The van der Waals surface area contributed by atoms with Gasteiger partial charge in [0.25, 0.3) is 5.91 Å². The molecule has 1 amide bonds. The third-order valence-electron chi connectivity index (χ3n) is 4.10. The molecular weight excluding hydrogens is 328 g/mol. The van der Waals surface area contributed by atoms with Crippen molar-refractivity contribution in [3.8, 4) is 0 Å². The van der Waals surface area contributed by atoms with E-state index in [9.17, 15) is 9.90 Å². The molecule has 3 aromatic heterocycles. The van der Waals surface area contributed by atoms with Gasteiger partial charge < -0.3 is 19.4 Å². The van der Waals surface area contributed by atoms with Gasteiger partial charge in [0, 0.05) is 16.9 Å².